The number of benzene rings is 1. The molecule has 0 aliphatic heterocycles. The van der Waals surface area contributed by atoms with Crippen LogP contribution in [0.2, 0.25) is 0 Å². The molecule has 0 aliphatic rings. The molecule has 2 aromatic rings. The van der Waals surface area contributed by atoms with Crippen LogP contribution in [0.15, 0.2) is 42.9 Å². The Balaban J connectivity index is 2.27. The Kier molecular flexibility index (Phi) is 13.3. The van der Waals surface area contributed by atoms with Gasteiger partial charge in [-0.25, -0.2) is 9.78 Å². The topological polar surface area (TPSA) is 145 Å². The highest BCUT2D eigenvalue weighted by Gasteiger charge is 2.31. The quantitative estimate of drug-likeness (QED) is 0.219. The summed E-state index contributed by atoms with van der Waals surface area (Å²) in [5.41, 5.74) is 0.748. The van der Waals surface area contributed by atoms with Gasteiger partial charge in [0.1, 0.15) is 17.7 Å². The average molecular weight is 572 g/mol. The molecule has 0 saturated carbocycles. The Morgan fingerprint density at radius 1 is 0.902 bits per heavy atom. The predicted octanol–water partition coefficient (Wildman–Crippen LogP) is 3.90. The summed E-state index contributed by atoms with van der Waals surface area (Å²) in [5.74, 6) is -0.285. The third kappa shape index (κ3) is 13.2. The fourth-order valence-corrected chi connectivity index (χ4v) is 4.42. The van der Waals surface area contributed by atoms with E-state index in [1.165, 1.54) is 6.33 Å². The highest BCUT2D eigenvalue weighted by Crippen LogP contribution is 2.16. The van der Waals surface area contributed by atoms with Crippen LogP contribution in [0.5, 0.6) is 0 Å². The van der Waals surface area contributed by atoms with Crippen molar-refractivity contribution < 1.29 is 24.2 Å². The largest absolute Gasteiger partial charge is 0.444 e. The maximum Gasteiger partial charge on any atom is 0.408 e. The lowest BCUT2D eigenvalue weighted by atomic mass is 9.93. The Bertz CT molecular complexity index is 1070. The lowest BCUT2D eigenvalue weighted by Gasteiger charge is -2.29. The summed E-state index contributed by atoms with van der Waals surface area (Å²) in [4.78, 5) is 46.9. The fourth-order valence-electron chi connectivity index (χ4n) is 4.42. The molecular formula is C31H49N5O5. The second kappa shape index (κ2) is 16.1. The SMILES string of the molecule is CC(C)CC[C@@H](O)[C@@H](CC(C)C)NC(=O)[C@H](Cc1cnc[nH]1)NC(=O)[C@H](Cc1ccccc1)NC(=O)OC(C)(C)C. The molecule has 0 bridgehead atoms. The third-order valence-electron chi connectivity index (χ3n) is 6.46. The lowest BCUT2D eigenvalue weighted by molar-refractivity contribution is -0.131. The van der Waals surface area contributed by atoms with Crippen LogP contribution in [0.1, 0.15) is 79.0 Å². The minimum Gasteiger partial charge on any atom is -0.444 e. The molecule has 0 saturated heterocycles. The maximum atomic E-state index is 13.6. The van der Waals surface area contributed by atoms with Crippen LogP contribution in [-0.4, -0.2) is 62.8 Å². The molecular weight excluding hydrogens is 522 g/mol. The molecule has 1 heterocycles. The molecule has 2 rings (SSSR count). The van der Waals surface area contributed by atoms with Gasteiger partial charge in [0.25, 0.3) is 0 Å². The molecule has 1 aromatic heterocycles. The summed E-state index contributed by atoms with van der Waals surface area (Å²) < 4.78 is 5.40. The Hall–Kier alpha value is -3.40. The zero-order valence-corrected chi connectivity index (χ0v) is 25.6. The summed E-state index contributed by atoms with van der Waals surface area (Å²) in [6, 6.07) is 6.86. The average Bonchev–Trinajstić information content (AvgIpc) is 3.38. The van der Waals surface area contributed by atoms with Gasteiger partial charge in [-0.2, -0.15) is 0 Å². The van der Waals surface area contributed by atoms with Gasteiger partial charge in [0, 0.05) is 24.7 Å². The van der Waals surface area contributed by atoms with Crippen molar-refractivity contribution >= 4 is 17.9 Å². The van der Waals surface area contributed by atoms with E-state index in [2.05, 4.69) is 39.8 Å². The number of rotatable bonds is 15. The fraction of sp³-hybridized carbons (Fsp3) is 0.613. The van der Waals surface area contributed by atoms with Crippen molar-refractivity contribution in [2.24, 2.45) is 11.8 Å². The number of hydrogen-bond acceptors (Lipinski definition) is 6. The summed E-state index contributed by atoms with van der Waals surface area (Å²) in [6.45, 7) is 13.5. The van der Waals surface area contributed by atoms with Gasteiger partial charge in [-0.15, -0.1) is 0 Å². The first kappa shape index (κ1) is 33.8. The highest BCUT2D eigenvalue weighted by atomic mass is 16.6. The van der Waals surface area contributed by atoms with E-state index in [0.717, 1.165) is 12.0 Å². The van der Waals surface area contributed by atoms with E-state index in [0.29, 0.717) is 24.5 Å². The van der Waals surface area contributed by atoms with Gasteiger partial charge < -0.3 is 30.8 Å². The molecule has 0 aliphatic carbocycles. The molecule has 0 spiro atoms. The molecule has 10 nitrogen and oxygen atoms in total. The first-order valence-electron chi connectivity index (χ1n) is 14.5. The number of H-pyrrole nitrogens is 1. The van der Waals surface area contributed by atoms with Crippen molar-refractivity contribution in [2.45, 2.75) is 110 Å². The number of aliphatic hydroxyl groups is 1. The number of alkyl carbamates (subject to hydrolysis) is 1. The van der Waals surface area contributed by atoms with E-state index >= 15 is 0 Å². The predicted molar refractivity (Wildman–Crippen MR) is 159 cm³/mol. The van der Waals surface area contributed by atoms with Crippen molar-refractivity contribution in [2.75, 3.05) is 0 Å². The van der Waals surface area contributed by atoms with Crippen molar-refractivity contribution in [3.8, 4) is 0 Å². The van der Waals surface area contributed by atoms with Gasteiger partial charge in [0.05, 0.1) is 18.5 Å². The van der Waals surface area contributed by atoms with E-state index in [4.69, 9.17) is 4.74 Å². The molecule has 4 atom stereocenters. The second-order valence-corrected chi connectivity index (χ2v) is 12.5. The number of hydrogen-bond donors (Lipinski definition) is 5. The van der Waals surface area contributed by atoms with Crippen LogP contribution < -0.4 is 16.0 Å². The van der Waals surface area contributed by atoms with Gasteiger partial charge in [-0.1, -0.05) is 58.0 Å². The number of nitrogens with one attached hydrogen (secondary N) is 4. The van der Waals surface area contributed by atoms with Crippen LogP contribution >= 0.6 is 0 Å². The van der Waals surface area contributed by atoms with Crippen molar-refractivity contribution in [3.05, 3.63) is 54.1 Å². The monoisotopic (exact) mass is 571 g/mol. The summed E-state index contributed by atoms with van der Waals surface area (Å²) in [6.07, 6.45) is 3.99. The smallest absolute Gasteiger partial charge is 0.408 e. The van der Waals surface area contributed by atoms with Crippen LogP contribution in [0.4, 0.5) is 4.79 Å². The number of aromatic amines is 1. The Morgan fingerprint density at radius 2 is 1.54 bits per heavy atom. The summed E-state index contributed by atoms with van der Waals surface area (Å²) in [5, 5.41) is 19.5. The van der Waals surface area contributed by atoms with Gasteiger partial charge >= 0.3 is 6.09 Å². The van der Waals surface area contributed by atoms with Gasteiger partial charge in [0.15, 0.2) is 0 Å². The number of carbonyl (C=O) groups is 3. The van der Waals surface area contributed by atoms with Crippen molar-refractivity contribution in [3.63, 3.8) is 0 Å². The summed E-state index contributed by atoms with van der Waals surface area (Å²) in [7, 11) is 0. The minimum absolute atomic E-state index is 0.151. The van der Waals surface area contributed by atoms with Gasteiger partial charge in [-0.05, 0) is 57.4 Å². The van der Waals surface area contributed by atoms with E-state index in [-0.39, 0.29) is 18.8 Å². The molecule has 0 fully saturated rings. The first-order chi connectivity index (χ1) is 19.2. The van der Waals surface area contributed by atoms with E-state index in [1.807, 2.05) is 44.2 Å². The van der Waals surface area contributed by atoms with E-state index in [1.54, 1.807) is 27.0 Å². The third-order valence-corrected chi connectivity index (χ3v) is 6.46. The minimum atomic E-state index is -0.993. The zero-order chi connectivity index (χ0) is 30.6. The van der Waals surface area contributed by atoms with E-state index in [9.17, 15) is 19.5 Å². The number of carbonyl (C=O) groups excluding carboxylic acids is 3. The van der Waals surface area contributed by atoms with Crippen LogP contribution in [0.25, 0.3) is 0 Å². The van der Waals surface area contributed by atoms with E-state index < -0.39 is 47.7 Å². The van der Waals surface area contributed by atoms with Crippen LogP contribution in [-0.2, 0) is 27.2 Å². The molecule has 10 heteroatoms. The first-order valence-corrected chi connectivity index (χ1v) is 14.5. The van der Waals surface area contributed by atoms with Gasteiger partial charge in [0.2, 0.25) is 11.8 Å². The Labute approximate surface area is 244 Å². The molecule has 228 valence electrons. The normalized spacial score (nSPS) is 14.7. The Morgan fingerprint density at radius 3 is 2.10 bits per heavy atom. The molecule has 5 N–H and O–H groups in total. The highest BCUT2D eigenvalue weighted by molar-refractivity contribution is 5.91. The lowest BCUT2D eigenvalue weighted by Crippen LogP contribution is -2.57. The second-order valence-electron chi connectivity index (χ2n) is 12.5. The molecule has 0 unspecified atom stereocenters. The maximum absolute atomic E-state index is 13.6. The van der Waals surface area contributed by atoms with Crippen LogP contribution in [0.3, 0.4) is 0 Å². The molecule has 3 amide bonds. The number of aromatic nitrogens is 2. The zero-order valence-electron chi connectivity index (χ0n) is 25.6. The molecule has 41 heavy (non-hydrogen) atoms. The summed E-state index contributed by atoms with van der Waals surface area (Å²) >= 11 is 0. The molecule has 0 radical (unpaired) electrons. The number of aliphatic hydroxyl groups excluding tert-OH is 1. The number of amides is 3. The van der Waals surface area contributed by atoms with Gasteiger partial charge in [-0.3, -0.25) is 9.59 Å². The molecule has 1 aromatic carbocycles. The van der Waals surface area contributed by atoms with Crippen molar-refractivity contribution in [1.82, 2.24) is 25.9 Å². The number of imidazole rings is 1. The number of ether oxygens (including phenoxy) is 1. The standard InChI is InChI=1S/C31H49N5O5/c1-20(2)13-14-27(37)24(15-21(3)4)34-29(39)26(17-23-18-32-19-33-23)35-28(38)25(16-22-11-9-8-10-12-22)36-30(40)41-31(5,6)7/h8-12,18-21,24-27,37H,13-17H2,1-7H3,(H,32,33)(H,34,39)(H,35,38)(H,36,40)/t24-,25+,26+,27-/m1/s1. The number of nitrogens with zero attached hydrogens (tertiary/aromatic N) is 1. The van der Waals surface area contributed by atoms with Crippen molar-refractivity contribution in [1.29, 1.82) is 0 Å². The van der Waals surface area contributed by atoms with Crippen LogP contribution in [0, 0.1) is 11.8 Å².